The normalized spacial score (nSPS) is 15.5. The fraction of sp³-hybridized carbons (Fsp3) is 0.381. The zero-order valence-electron chi connectivity index (χ0n) is 17.5. The van der Waals surface area contributed by atoms with E-state index in [1.807, 2.05) is 0 Å². The molecule has 12 heteroatoms. The van der Waals surface area contributed by atoms with Gasteiger partial charge in [-0.05, 0) is 35.4 Å². The van der Waals surface area contributed by atoms with Crippen LogP contribution in [0.25, 0.3) is 0 Å². The molecule has 0 spiro atoms. The maximum atomic E-state index is 13.1. The summed E-state index contributed by atoms with van der Waals surface area (Å²) in [6.07, 6.45) is -4.37. The van der Waals surface area contributed by atoms with Crippen LogP contribution in [-0.4, -0.2) is 62.6 Å². The maximum absolute atomic E-state index is 13.1. The summed E-state index contributed by atoms with van der Waals surface area (Å²) >= 11 is 0. The van der Waals surface area contributed by atoms with E-state index >= 15 is 0 Å². The van der Waals surface area contributed by atoms with Gasteiger partial charge in [-0.1, -0.05) is 24.3 Å². The molecule has 1 fully saturated rings. The first kappa shape index (κ1) is 24.9. The molecule has 0 aliphatic carbocycles. The molecule has 0 unspecified atom stereocenters. The quantitative estimate of drug-likeness (QED) is 0.607. The number of benzene rings is 2. The Balaban J connectivity index is 1.44. The van der Waals surface area contributed by atoms with Crippen LogP contribution in [0.3, 0.4) is 0 Å². The molecular formula is C21H23F4N3O4S. The van der Waals surface area contributed by atoms with Gasteiger partial charge in [0.2, 0.25) is 10.0 Å². The Morgan fingerprint density at radius 3 is 2.09 bits per heavy atom. The van der Waals surface area contributed by atoms with Crippen LogP contribution in [0.2, 0.25) is 0 Å². The Morgan fingerprint density at radius 2 is 1.52 bits per heavy atom. The monoisotopic (exact) mass is 489 g/mol. The minimum atomic E-state index is -4.37. The Hall–Kier alpha value is -2.70. The number of halogens is 4. The van der Waals surface area contributed by atoms with Gasteiger partial charge in [-0.2, -0.15) is 17.5 Å². The van der Waals surface area contributed by atoms with Gasteiger partial charge in [0.15, 0.2) is 0 Å². The molecule has 180 valence electrons. The summed E-state index contributed by atoms with van der Waals surface area (Å²) in [7, 11) is -3.77. The molecule has 0 bridgehead atoms. The Morgan fingerprint density at radius 1 is 0.939 bits per heavy atom. The second kappa shape index (κ2) is 10.5. The number of nitrogens with zero attached hydrogens (tertiary/aromatic N) is 2. The van der Waals surface area contributed by atoms with Crippen molar-refractivity contribution >= 4 is 16.1 Å². The Labute approximate surface area is 189 Å². The lowest BCUT2D eigenvalue weighted by Crippen LogP contribution is -2.52. The molecule has 0 atom stereocenters. The summed E-state index contributed by atoms with van der Waals surface area (Å²) in [4.78, 5) is 13.9. The van der Waals surface area contributed by atoms with Crippen molar-refractivity contribution < 1.29 is 35.5 Å². The van der Waals surface area contributed by atoms with Crippen LogP contribution in [0.4, 0.5) is 22.4 Å². The molecule has 0 radical (unpaired) electrons. The van der Waals surface area contributed by atoms with Gasteiger partial charge in [0, 0.05) is 32.7 Å². The molecule has 0 saturated carbocycles. The van der Waals surface area contributed by atoms with E-state index in [-0.39, 0.29) is 50.3 Å². The zero-order chi connectivity index (χ0) is 24.1. The third-order valence-electron chi connectivity index (χ3n) is 4.98. The fourth-order valence-corrected chi connectivity index (χ4v) is 4.64. The number of rotatable bonds is 7. The van der Waals surface area contributed by atoms with E-state index in [1.165, 1.54) is 21.3 Å². The van der Waals surface area contributed by atoms with Crippen LogP contribution in [0, 0.1) is 5.82 Å². The van der Waals surface area contributed by atoms with Crippen LogP contribution in [0.5, 0.6) is 0 Å². The predicted molar refractivity (Wildman–Crippen MR) is 111 cm³/mol. The Kier molecular flexibility index (Phi) is 7.92. The zero-order valence-corrected chi connectivity index (χ0v) is 18.3. The topological polar surface area (TPSA) is 79.0 Å². The molecule has 7 nitrogen and oxygen atoms in total. The van der Waals surface area contributed by atoms with E-state index < -0.39 is 28.6 Å². The van der Waals surface area contributed by atoms with Gasteiger partial charge in [-0.15, -0.1) is 0 Å². The molecular weight excluding hydrogens is 466 g/mol. The number of carbonyl (C=O) groups excluding carboxylic acids is 1. The van der Waals surface area contributed by atoms with Crippen molar-refractivity contribution in [2.24, 2.45) is 0 Å². The molecule has 1 N–H and O–H groups in total. The minimum Gasteiger partial charge on any atom is -0.367 e. The number of carbonyl (C=O) groups is 1. The van der Waals surface area contributed by atoms with Gasteiger partial charge >= 0.3 is 12.2 Å². The van der Waals surface area contributed by atoms with Gasteiger partial charge in [0.05, 0.1) is 11.5 Å². The van der Waals surface area contributed by atoms with Gasteiger partial charge < -0.3 is 15.0 Å². The number of hydrogen-bond acceptors (Lipinski definition) is 4. The lowest BCUT2D eigenvalue weighted by atomic mass is 10.1. The lowest BCUT2D eigenvalue weighted by Gasteiger charge is -2.34. The molecule has 0 aromatic heterocycles. The largest absolute Gasteiger partial charge is 0.411 e. The van der Waals surface area contributed by atoms with Gasteiger partial charge in [0.25, 0.3) is 0 Å². The molecule has 1 saturated heterocycles. The molecule has 2 aromatic carbocycles. The summed E-state index contributed by atoms with van der Waals surface area (Å²) in [6.45, 7) is -0.667. The Bertz CT molecular complexity index is 1040. The van der Waals surface area contributed by atoms with E-state index in [2.05, 4.69) is 10.1 Å². The summed E-state index contributed by atoms with van der Waals surface area (Å²) in [5.41, 5.74) is 1.33. The van der Waals surface area contributed by atoms with Crippen LogP contribution < -0.4 is 5.32 Å². The molecule has 1 aliphatic rings. The maximum Gasteiger partial charge on any atom is 0.411 e. The summed E-state index contributed by atoms with van der Waals surface area (Å²) in [6, 6.07) is 10.8. The highest BCUT2D eigenvalue weighted by Crippen LogP contribution is 2.18. The van der Waals surface area contributed by atoms with E-state index in [4.69, 9.17) is 0 Å². The van der Waals surface area contributed by atoms with Crippen molar-refractivity contribution in [2.45, 2.75) is 24.2 Å². The summed E-state index contributed by atoms with van der Waals surface area (Å²) in [5.74, 6) is -0.528. The average Bonchev–Trinajstić information content (AvgIpc) is 2.78. The van der Waals surface area contributed by atoms with Gasteiger partial charge in [-0.25, -0.2) is 17.6 Å². The van der Waals surface area contributed by atoms with Crippen LogP contribution in [0.1, 0.15) is 11.1 Å². The fourth-order valence-electron chi connectivity index (χ4n) is 3.21. The first-order chi connectivity index (χ1) is 15.5. The molecule has 33 heavy (non-hydrogen) atoms. The van der Waals surface area contributed by atoms with Gasteiger partial charge in [-0.3, -0.25) is 0 Å². The van der Waals surface area contributed by atoms with Crippen molar-refractivity contribution in [1.82, 2.24) is 14.5 Å². The summed E-state index contributed by atoms with van der Waals surface area (Å²) in [5, 5.41) is 2.74. The first-order valence-electron chi connectivity index (χ1n) is 10.1. The number of ether oxygens (including phenoxy) is 1. The standard InChI is InChI=1S/C21H23F4N3O4S/c22-18-5-7-19(8-6-18)33(30,31)28-11-9-27(10-12-28)20(29)26-13-16-1-3-17(4-2-16)14-32-15-21(23,24)25/h1-8H,9-15H2,(H,26,29). The van der Waals surface area contributed by atoms with Crippen molar-refractivity contribution in [1.29, 1.82) is 0 Å². The molecule has 2 amide bonds. The number of piperazine rings is 1. The molecule has 3 rings (SSSR count). The minimum absolute atomic E-state index is 0.00551. The highest BCUT2D eigenvalue weighted by molar-refractivity contribution is 7.89. The van der Waals surface area contributed by atoms with E-state index in [0.717, 1.165) is 17.7 Å². The van der Waals surface area contributed by atoms with E-state index in [9.17, 15) is 30.8 Å². The first-order valence-corrected chi connectivity index (χ1v) is 11.5. The number of sulfonamides is 1. The SMILES string of the molecule is O=C(NCc1ccc(COCC(F)(F)F)cc1)N1CCN(S(=O)(=O)c2ccc(F)cc2)CC1. The van der Waals surface area contributed by atoms with Crippen molar-refractivity contribution in [2.75, 3.05) is 32.8 Å². The van der Waals surface area contributed by atoms with Crippen LogP contribution in [-0.2, 0) is 27.9 Å². The second-order valence-corrected chi connectivity index (χ2v) is 9.37. The highest BCUT2D eigenvalue weighted by Gasteiger charge is 2.30. The second-order valence-electron chi connectivity index (χ2n) is 7.43. The molecule has 1 heterocycles. The third-order valence-corrected chi connectivity index (χ3v) is 6.89. The summed E-state index contributed by atoms with van der Waals surface area (Å²) < 4.78 is 80.5. The number of nitrogens with one attached hydrogen (secondary N) is 1. The van der Waals surface area contributed by atoms with Crippen molar-refractivity contribution in [3.63, 3.8) is 0 Å². The van der Waals surface area contributed by atoms with Crippen molar-refractivity contribution in [3.05, 3.63) is 65.5 Å². The molecule has 1 aliphatic heterocycles. The smallest absolute Gasteiger partial charge is 0.367 e. The van der Waals surface area contributed by atoms with Crippen molar-refractivity contribution in [3.8, 4) is 0 Å². The number of alkyl halides is 3. The number of amides is 2. The van der Waals surface area contributed by atoms with E-state index in [0.29, 0.717) is 5.56 Å². The van der Waals surface area contributed by atoms with Crippen LogP contribution in [0.15, 0.2) is 53.4 Å². The third kappa shape index (κ3) is 7.14. The predicted octanol–water partition coefficient (Wildman–Crippen LogP) is 3.12. The van der Waals surface area contributed by atoms with Crippen LogP contribution >= 0.6 is 0 Å². The van der Waals surface area contributed by atoms with Gasteiger partial charge in [0.1, 0.15) is 12.4 Å². The number of urea groups is 1. The number of hydrogen-bond donors (Lipinski definition) is 1. The van der Waals surface area contributed by atoms with E-state index in [1.54, 1.807) is 24.3 Å². The average molecular weight is 489 g/mol. The molecule has 2 aromatic rings. The lowest BCUT2D eigenvalue weighted by molar-refractivity contribution is -0.176. The highest BCUT2D eigenvalue weighted by atomic mass is 32.2.